The van der Waals surface area contributed by atoms with Crippen LogP contribution in [0, 0.1) is 17.0 Å². The fourth-order valence-corrected chi connectivity index (χ4v) is 6.45. The van der Waals surface area contributed by atoms with E-state index in [1.807, 2.05) is 37.3 Å². The highest BCUT2D eigenvalue weighted by atomic mass is 35.5. The summed E-state index contributed by atoms with van der Waals surface area (Å²) in [5.74, 6) is -0.871. The highest BCUT2D eigenvalue weighted by molar-refractivity contribution is 7.92. The number of anilines is 1. The zero-order valence-electron chi connectivity index (χ0n) is 25.9. The topological polar surface area (TPSA) is 139 Å². The van der Waals surface area contributed by atoms with Crippen LogP contribution in [0.25, 0.3) is 0 Å². The summed E-state index contributed by atoms with van der Waals surface area (Å²) in [5.41, 5.74) is 0.781. The predicted molar refractivity (Wildman–Crippen MR) is 174 cm³/mol. The lowest BCUT2D eigenvalue weighted by Crippen LogP contribution is -2.53. The van der Waals surface area contributed by atoms with Crippen molar-refractivity contribution in [1.82, 2.24) is 10.2 Å². The van der Waals surface area contributed by atoms with Crippen molar-refractivity contribution in [2.24, 2.45) is 0 Å². The van der Waals surface area contributed by atoms with Crippen molar-refractivity contribution in [2.45, 2.75) is 57.4 Å². The number of sulfonamides is 1. The van der Waals surface area contributed by atoms with Crippen molar-refractivity contribution in [3.05, 3.63) is 93.0 Å². The Morgan fingerprint density at radius 1 is 1.07 bits per heavy atom. The molecular formula is C32H39ClN4O7S. The van der Waals surface area contributed by atoms with Gasteiger partial charge in [0, 0.05) is 29.7 Å². The molecule has 0 heterocycles. The lowest BCUT2D eigenvalue weighted by atomic mass is 10.1. The summed E-state index contributed by atoms with van der Waals surface area (Å²) in [7, 11) is -3.26. The highest BCUT2D eigenvalue weighted by Gasteiger charge is 2.35. The summed E-state index contributed by atoms with van der Waals surface area (Å²) in [4.78, 5) is 39.6. The molecule has 1 atom stereocenters. The molecule has 2 amide bonds. The van der Waals surface area contributed by atoms with Gasteiger partial charge in [-0.3, -0.25) is 24.0 Å². The Balaban J connectivity index is 2.12. The van der Waals surface area contributed by atoms with Gasteiger partial charge >= 0.3 is 0 Å². The first-order valence-electron chi connectivity index (χ1n) is 14.7. The number of hydrogen-bond acceptors (Lipinski definition) is 7. The van der Waals surface area contributed by atoms with Gasteiger partial charge in [0.25, 0.3) is 15.7 Å². The third-order valence-electron chi connectivity index (χ3n) is 7.35. The molecule has 0 saturated heterocycles. The smallest absolute Gasteiger partial charge is 0.273 e. The monoisotopic (exact) mass is 658 g/mol. The maximum Gasteiger partial charge on any atom is 0.273 e. The Bertz CT molecular complexity index is 1600. The average Bonchev–Trinajstić information content (AvgIpc) is 3.02. The van der Waals surface area contributed by atoms with Crippen LogP contribution in [0.4, 0.5) is 11.4 Å². The standard InChI is InChI=1S/C32H39ClN4O7S/c1-5-7-18-34-32(39)27(6-2)35(19-17-24-11-9-8-10-12-24)31(38)22-36(29-20-25(33)14-16-30(29)44-4)45(42,43)26-15-13-23(3)28(21-26)37(40)41/h8-16,20-21,27H,5-7,17-19,22H2,1-4H3,(H,34,39)/t27-/m1/s1. The molecule has 11 nitrogen and oxygen atoms in total. The minimum Gasteiger partial charge on any atom is -0.495 e. The van der Waals surface area contributed by atoms with Gasteiger partial charge in [0.1, 0.15) is 18.3 Å². The normalized spacial score (nSPS) is 11.8. The second-order valence-electron chi connectivity index (χ2n) is 10.4. The van der Waals surface area contributed by atoms with Crippen LogP contribution in [0.2, 0.25) is 5.02 Å². The Kier molecular flexibility index (Phi) is 12.7. The van der Waals surface area contributed by atoms with E-state index in [9.17, 15) is 28.1 Å². The SMILES string of the molecule is CCCCNC(=O)[C@@H](CC)N(CCc1ccccc1)C(=O)CN(c1cc(Cl)ccc1OC)S(=O)(=O)c1ccc(C)c([N+](=O)[O-])c1. The maximum absolute atomic E-state index is 14.2. The molecule has 0 aliphatic carbocycles. The lowest BCUT2D eigenvalue weighted by molar-refractivity contribution is -0.385. The fraction of sp³-hybridized carbons (Fsp3) is 0.375. The number of halogens is 1. The third-order valence-corrected chi connectivity index (χ3v) is 9.34. The van der Waals surface area contributed by atoms with Crippen molar-refractivity contribution < 1.29 is 27.7 Å². The number of nitro groups is 1. The number of ether oxygens (including phenoxy) is 1. The Labute approximate surface area is 269 Å². The Morgan fingerprint density at radius 3 is 2.40 bits per heavy atom. The summed E-state index contributed by atoms with van der Waals surface area (Å²) < 4.78 is 34.7. The maximum atomic E-state index is 14.2. The second-order valence-corrected chi connectivity index (χ2v) is 12.7. The second kappa shape index (κ2) is 16.2. The summed E-state index contributed by atoms with van der Waals surface area (Å²) in [6.07, 6.45) is 2.35. The van der Waals surface area contributed by atoms with E-state index in [1.165, 1.54) is 49.3 Å². The average molecular weight is 659 g/mol. The zero-order chi connectivity index (χ0) is 33.1. The Morgan fingerprint density at radius 2 is 1.78 bits per heavy atom. The van der Waals surface area contributed by atoms with E-state index in [4.69, 9.17) is 16.3 Å². The molecule has 0 spiro atoms. The van der Waals surface area contributed by atoms with Crippen LogP contribution in [0.1, 0.15) is 44.2 Å². The minimum absolute atomic E-state index is 0.0370. The van der Waals surface area contributed by atoms with Crippen LogP contribution in [0.3, 0.4) is 0 Å². The van der Waals surface area contributed by atoms with E-state index < -0.39 is 38.3 Å². The number of hydrogen-bond donors (Lipinski definition) is 1. The fourth-order valence-electron chi connectivity index (χ4n) is 4.85. The van der Waals surface area contributed by atoms with E-state index in [1.54, 1.807) is 6.92 Å². The number of nitrogens with one attached hydrogen (secondary N) is 1. The number of aryl methyl sites for hydroxylation is 1. The first-order valence-corrected chi connectivity index (χ1v) is 16.5. The molecule has 3 aromatic carbocycles. The molecule has 0 bridgehead atoms. The number of benzene rings is 3. The molecule has 0 radical (unpaired) electrons. The van der Waals surface area contributed by atoms with Crippen molar-refractivity contribution in [1.29, 1.82) is 0 Å². The van der Waals surface area contributed by atoms with Gasteiger partial charge in [0.05, 0.1) is 22.6 Å². The van der Waals surface area contributed by atoms with Crippen molar-refractivity contribution in [2.75, 3.05) is 31.0 Å². The molecule has 1 N–H and O–H groups in total. The minimum atomic E-state index is -4.60. The Hall–Kier alpha value is -4.16. The molecule has 0 saturated carbocycles. The van der Waals surface area contributed by atoms with Crippen LogP contribution in [0.15, 0.2) is 71.6 Å². The van der Waals surface area contributed by atoms with Gasteiger partial charge in [-0.1, -0.05) is 68.3 Å². The quantitative estimate of drug-likeness (QED) is 0.121. The number of unbranched alkanes of at least 4 members (excludes halogenated alkanes) is 1. The lowest BCUT2D eigenvalue weighted by Gasteiger charge is -2.33. The molecule has 0 fully saturated rings. The third kappa shape index (κ3) is 8.95. The van der Waals surface area contributed by atoms with Crippen molar-refractivity contribution in [3.63, 3.8) is 0 Å². The predicted octanol–water partition coefficient (Wildman–Crippen LogP) is 5.53. The molecule has 242 valence electrons. The summed E-state index contributed by atoms with van der Waals surface area (Å²) in [5, 5.41) is 14.7. The van der Waals surface area contributed by atoms with E-state index in [2.05, 4.69) is 5.32 Å². The van der Waals surface area contributed by atoms with Gasteiger partial charge < -0.3 is 15.0 Å². The van der Waals surface area contributed by atoms with Crippen LogP contribution >= 0.6 is 11.6 Å². The van der Waals surface area contributed by atoms with Crippen LogP contribution in [0.5, 0.6) is 5.75 Å². The van der Waals surface area contributed by atoms with Crippen LogP contribution < -0.4 is 14.4 Å². The first kappa shape index (κ1) is 35.3. The molecule has 45 heavy (non-hydrogen) atoms. The van der Waals surface area contributed by atoms with Crippen LogP contribution in [-0.2, 0) is 26.0 Å². The van der Waals surface area contributed by atoms with Gasteiger partial charge in [0.15, 0.2) is 0 Å². The number of rotatable bonds is 16. The van der Waals surface area contributed by atoms with Crippen molar-refractivity contribution >= 4 is 44.8 Å². The summed E-state index contributed by atoms with van der Waals surface area (Å²) in [6, 6.07) is 16.4. The number of amides is 2. The molecule has 3 rings (SSSR count). The van der Waals surface area contributed by atoms with E-state index in [-0.39, 0.29) is 46.6 Å². The zero-order valence-corrected chi connectivity index (χ0v) is 27.4. The molecule has 13 heteroatoms. The number of methoxy groups -OCH3 is 1. The molecular weight excluding hydrogens is 620 g/mol. The first-order chi connectivity index (χ1) is 21.4. The molecule has 3 aromatic rings. The van der Waals surface area contributed by atoms with E-state index in [0.717, 1.165) is 28.8 Å². The van der Waals surface area contributed by atoms with Gasteiger partial charge in [-0.25, -0.2) is 8.42 Å². The molecule has 0 unspecified atom stereocenters. The van der Waals surface area contributed by atoms with Gasteiger partial charge in [0.2, 0.25) is 11.8 Å². The summed E-state index contributed by atoms with van der Waals surface area (Å²) >= 11 is 6.28. The largest absolute Gasteiger partial charge is 0.495 e. The van der Waals surface area contributed by atoms with Gasteiger partial charge in [-0.15, -0.1) is 0 Å². The van der Waals surface area contributed by atoms with Crippen molar-refractivity contribution in [3.8, 4) is 5.75 Å². The molecule has 0 aliphatic rings. The number of nitrogens with zero attached hydrogens (tertiary/aromatic N) is 3. The highest BCUT2D eigenvalue weighted by Crippen LogP contribution is 2.36. The number of nitro benzene ring substituents is 1. The van der Waals surface area contributed by atoms with Gasteiger partial charge in [-0.05, 0) is 56.0 Å². The molecule has 0 aliphatic heterocycles. The van der Waals surface area contributed by atoms with Gasteiger partial charge in [-0.2, -0.15) is 0 Å². The van der Waals surface area contributed by atoms with E-state index >= 15 is 0 Å². The number of carbonyl (C=O) groups excluding carboxylic acids is 2. The number of carbonyl (C=O) groups is 2. The van der Waals surface area contributed by atoms with E-state index in [0.29, 0.717) is 13.0 Å². The molecule has 0 aromatic heterocycles. The summed E-state index contributed by atoms with van der Waals surface area (Å²) in [6.45, 7) is 5.14. The van der Waals surface area contributed by atoms with Crippen LogP contribution in [-0.4, -0.2) is 62.8 Å².